The summed E-state index contributed by atoms with van der Waals surface area (Å²) in [4.78, 5) is 22.8. The lowest BCUT2D eigenvalue weighted by atomic mass is 10.1. The van der Waals surface area contributed by atoms with Gasteiger partial charge in [0.25, 0.3) is 0 Å². The maximum Gasteiger partial charge on any atom is 0.341 e. The summed E-state index contributed by atoms with van der Waals surface area (Å²) >= 11 is 7.27. The second-order valence-electron chi connectivity index (χ2n) is 3.66. The molecule has 0 amide bonds. The lowest BCUT2D eigenvalue weighted by molar-refractivity contribution is -0.139. The van der Waals surface area contributed by atoms with Crippen LogP contribution in [0.15, 0.2) is 35.0 Å². The first kappa shape index (κ1) is 13.6. The van der Waals surface area contributed by atoms with Gasteiger partial charge in [-0.1, -0.05) is 11.6 Å². The van der Waals surface area contributed by atoms with Crippen molar-refractivity contribution in [3.8, 4) is 5.75 Å². The minimum Gasteiger partial charge on any atom is -0.481 e. The Morgan fingerprint density at radius 3 is 2.74 bits per heavy atom. The third-order valence-corrected chi connectivity index (χ3v) is 3.24. The normalized spacial score (nSPS) is 10.2. The number of rotatable bonds is 5. The van der Waals surface area contributed by atoms with Crippen LogP contribution in [0.2, 0.25) is 5.02 Å². The highest BCUT2D eigenvalue weighted by Gasteiger charge is 2.16. The summed E-state index contributed by atoms with van der Waals surface area (Å²) < 4.78 is 5.10. The number of ketones is 1. The average molecular weight is 297 g/mol. The number of carbonyl (C=O) groups excluding carboxylic acids is 1. The van der Waals surface area contributed by atoms with Crippen LogP contribution in [0.4, 0.5) is 0 Å². The molecule has 0 unspecified atom stereocenters. The van der Waals surface area contributed by atoms with Crippen LogP contribution in [-0.4, -0.2) is 23.5 Å². The number of ether oxygens (including phenoxy) is 1. The molecule has 0 saturated carbocycles. The van der Waals surface area contributed by atoms with Gasteiger partial charge >= 0.3 is 5.97 Å². The van der Waals surface area contributed by atoms with Crippen molar-refractivity contribution in [1.29, 1.82) is 0 Å². The van der Waals surface area contributed by atoms with Crippen LogP contribution in [0.5, 0.6) is 5.75 Å². The molecule has 2 rings (SSSR count). The number of hydrogen-bond donors (Lipinski definition) is 1. The van der Waals surface area contributed by atoms with Gasteiger partial charge in [0.05, 0.1) is 5.56 Å². The van der Waals surface area contributed by atoms with Gasteiger partial charge in [0.2, 0.25) is 0 Å². The molecule has 1 aromatic carbocycles. The summed E-state index contributed by atoms with van der Waals surface area (Å²) in [5.41, 5.74) is 0.777. The molecule has 0 spiro atoms. The van der Waals surface area contributed by atoms with Crippen LogP contribution < -0.4 is 4.74 Å². The topological polar surface area (TPSA) is 63.6 Å². The molecular formula is C13H9ClO4S. The van der Waals surface area contributed by atoms with E-state index in [1.165, 1.54) is 23.5 Å². The average Bonchev–Trinajstić information content (AvgIpc) is 2.90. The van der Waals surface area contributed by atoms with Gasteiger partial charge < -0.3 is 9.84 Å². The molecule has 1 aromatic heterocycles. The van der Waals surface area contributed by atoms with E-state index in [1.807, 2.05) is 0 Å². The Morgan fingerprint density at radius 2 is 2.11 bits per heavy atom. The first-order valence-corrected chi connectivity index (χ1v) is 6.61. The highest BCUT2D eigenvalue weighted by molar-refractivity contribution is 7.08. The molecule has 0 radical (unpaired) electrons. The van der Waals surface area contributed by atoms with E-state index < -0.39 is 12.6 Å². The molecule has 0 aliphatic carbocycles. The van der Waals surface area contributed by atoms with Crippen molar-refractivity contribution in [2.45, 2.75) is 0 Å². The molecule has 98 valence electrons. The van der Waals surface area contributed by atoms with Crippen LogP contribution in [0, 0.1) is 0 Å². The van der Waals surface area contributed by atoms with Gasteiger partial charge in [0, 0.05) is 16.0 Å². The van der Waals surface area contributed by atoms with Crippen molar-refractivity contribution < 1.29 is 19.4 Å². The number of carboxylic acids is 1. The second-order valence-corrected chi connectivity index (χ2v) is 4.88. The zero-order valence-electron chi connectivity index (χ0n) is 9.63. The third-order valence-electron chi connectivity index (χ3n) is 2.32. The molecular weight excluding hydrogens is 288 g/mol. The van der Waals surface area contributed by atoms with Crippen LogP contribution in [0.25, 0.3) is 0 Å². The summed E-state index contributed by atoms with van der Waals surface area (Å²) in [6.45, 7) is -0.508. The van der Waals surface area contributed by atoms with Crippen molar-refractivity contribution in [2.24, 2.45) is 0 Å². The number of carboxylic acid groups (broad SMARTS) is 1. The van der Waals surface area contributed by atoms with Crippen LogP contribution in [0.3, 0.4) is 0 Å². The number of benzene rings is 1. The number of aliphatic carboxylic acids is 1. The van der Waals surface area contributed by atoms with Crippen molar-refractivity contribution in [1.82, 2.24) is 0 Å². The Kier molecular flexibility index (Phi) is 4.19. The smallest absolute Gasteiger partial charge is 0.341 e. The van der Waals surface area contributed by atoms with Crippen LogP contribution in [0.1, 0.15) is 15.9 Å². The van der Waals surface area contributed by atoms with E-state index in [0.717, 1.165) is 0 Å². The Bertz CT molecular complexity index is 607. The minimum atomic E-state index is -1.11. The molecule has 0 saturated heterocycles. The van der Waals surface area contributed by atoms with E-state index in [-0.39, 0.29) is 17.1 Å². The molecule has 0 aliphatic rings. The van der Waals surface area contributed by atoms with Gasteiger partial charge in [-0.25, -0.2) is 4.79 Å². The van der Waals surface area contributed by atoms with Gasteiger partial charge in [0.1, 0.15) is 5.75 Å². The van der Waals surface area contributed by atoms with Gasteiger partial charge in [-0.3, -0.25) is 4.79 Å². The Balaban J connectivity index is 2.34. The lowest BCUT2D eigenvalue weighted by Gasteiger charge is -2.09. The fraction of sp³-hybridized carbons (Fsp3) is 0.0769. The predicted molar refractivity (Wildman–Crippen MR) is 72.3 cm³/mol. The molecule has 19 heavy (non-hydrogen) atoms. The summed E-state index contributed by atoms with van der Waals surface area (Å²) in [5, 5.41) is 12.5. The standard InChI is InChI=1S/C13H9ClO4S/c14-9-1-2-11(18-6-12(15)16)10(5-9)13(17)8-3-4-19-7-8/h1-5,7H,6H2,(H,15,16). The van der Waals surface area contributed by atoms with Crippen LogP contribution >= 0.6 is 22.9 Å². The predicted octanol–water partition coefficient (Wildman–Crippen LogP) is 3.10. The Hall–Kier alpha value is -1.85. The highest BCUT2D eigenvalue weighted by Crippen LogP contribution is 2.26. The molecule has 6 heteroatoms. The first-order chi connectivity index (χ1) is 9.08. The molecule has 0 fully saturated rings. The second kappa shape index (κ2) is 5.86. The number of carbonyl (C=O) groups is 2. The van der Waals surface area contributed by atoms with E-state index in [9.17, 15) is 9.59 Å². The molecule has 1 heterocycles. The Morgan fingerprint density at radius 1 is 1.32 bits per heavy atom. The maximum atomic E-state index is 12.2. The van der Waals surface area contributed by atoms with Crippen molar-refractivity contribution >= 4 is 34.7 Å². The quantitative estimate of drug-likeness (QED) is 0.861. The summed E-state index contributed by atoms with van der Waals surface area (Å²) in [5.74, 6) is -1.14. The van der Waals surface area contributed by atoms with E-state index in [0.29, 0.717) is 10.6 Å². The Labute approximate surface area is 118 Å². The zero-order valence-corrected chi connectivity index (χ0v) is 11.2. The van der Waals surface area contributed by atoms with E-state index in [1.54, 1.807) is 22.9 Å². The molecule has 0 atom stereocenters. The van der Waals surface area contributed by atoms with E-state index >= 15 is 0 Å². The van der Waals surface area contributed by atoms with Gasteiger partial charge in [-0.05, 0) is 29.6 Å². The summed E-state index contributed by atoms with van der Waals surface area (Å²) in [6, 6.07) is 6.20. The van der Waals surface area contributed by atoms with E-state index in [2.05, 4.69) is 0 Å². The molecule has 0 aliphatic heterocycles. The van der Waals surface area contributed by atoms with Crippen LogP contribution in [-0.2, 0) is 4.79 Å². The highest BCUT2D eigenvalue weighted by atomic mass is 35.5. The third kappa shape index (κ3) is 3.33. The van der Waals surface area contributed by atoms with Crippen molar-refractivity contribution in [3.05, 3.63) is 51.2 Å². The van der Waals surface area contributed by atoms with Crippen molar-refractivity contribution in [3.63, 3.8) is 0 Å². The fourth-order valence-electron chi connectivity index (χ4n) is 1.49. The molecule has 1 N–H and O–H groups in total. The minimum absolute atomic E-state index is 0.211. The molecule has 0 bridgehead atoms. The maximum absolute atomic E-state index is 12.2. The fourth-order valence-corrected chi connectivity index (χ4v) is 2.30. The van der Waals surface area contributed by atoms with Gasteiger partial charge in [-0.15, -0.1) is 0 Å². The van der Waals surface area contributed by atoms with Gasteiger partial charge in [-0.2, -0.15) is 11.3 Å². The largest absolute Gasteiger partial charge is 0.481 e. The lowest BCUT2D eigenvalue weighted by Crippen LogP contribution is -2.12. The van der Waals surface area contributed by atoms with Crippen molar-refractivity contribution in [2.75, 3.05) is 6.61 Å². The monoisotopic (exact) mass is 296 g/mol. The molecule has 4 nitrogen and oxygen atoms in total. The summed E-state index contributed by atoms with van der Waals surface area (Å²) in [6.07, 6.45) is 0. The summed E-state index contributed by atoms with van der Waals surface area (Å²) in [7, 11) is 0. The SMILES string of the molecule is O=C(O)COc1ccc(Cl)cc1C(=O)c1ccsc1. The first-order valence-electron chi connectivity index (χ1n) is 5.29. The number of hydrogen-bond acceptors (Lipinski definition) is 4. The number of halogens is 1. The number of thiophene rings is 1. The van der Waals surface area contributed by atoms with E-state index in [4.69, 9.17) is 21.4 Å². The zero-order chi connectivity index (χ0) is 13.8. The van der Waals surface area contributed by atoms with Gasteiger partial charge in [0.15, 0.2) is 12.4 Å². The molecule has 2 aromatic rings.